The topological polar surface area (TPSA) is 71.0 Å². The number of rotatable bonds is 7. The molecule has 0 saturated heterocycles. The Morgan fingerprint density at radius 1 is 1.07 bits per heavy atom. The van der Waals surface area contributed by atoms with Crippen LogP contribution in [0.25, 0.3) is 11.0 Å². The van der Waals surface area contributed by atoms with Gasteiger partial charge in [0.05, 0.1) is 34.7 Å². The maximum absolute atomic E-state index is 12.5. The molecule has 0 aliphatic rings. The zero-order valence-electron chi connectivity index (χ0n) is 16.2. The molecule has 27 heavy (non-hydrogen) atoms. The summed E-state index contributed by atoms with van der Waals surface area (Å²) in [6.07, 6.45) is 0. The van der Waals surface area contributed by atoms with Gasteiger partial charge in [0.15, 0.2) is 0 Å². The van der Waals surface area contributed by atoms with Crippen LogP contribution < -0.4 is 5.32 Å². The Morgan fingerprint density at radius 3 is 2.48 bits per heavy atom. The fourth-order valence-electron chi connectivity index (χ4n) is 2.81. The van der Waals surface area contributed by atoms with Crippen LogP contribution in [0.2, 0.25) is 0 Å². The van der Waals surface area contributed by atoms with Crippen molar-refractivity contribution >= 4 is 28.3 Å². The SMILES string of the molecule is CCN(CC)Cc1csc(CNC(=O)c2ccc3nc(C)c(C)nc3c2)n1. The molecule has 3 rings (SSSR count). The minimum absolute atomic E-state index is 0.127. The van der Waals surface area contributed by atoms with E-state index in [2.05, 4.69) is 44.4 Å². The van der Waals surface area contributed by atoms with Gasteiger partial charge in [0, 0.05) is 17.5 Å². The van der Waals surface area contributed by atoms with E-state index in [4.69, 9.17) is 0 Å². The van der Waals surface area contributed by atoms with Gasteiger partial charge in [-0.2, -0.15) is 0 Å². The number of thiazole rings is 1. The van der Waals surface area contributed by atoms with Gasteiger partial charge in [-0.25, -0.2) is 15.0 Å². The first-order chi connectivity index (χ1) is 13.0. The summed E-state index contributed by atoms with van der Waals surface area (Å²) in [4.78, 5) is 28.5. The van der Waals surface area contributed by atoms with E-state index in [0.29, 0.717) is 12.1 Å². The van der Waals surface area contributed by atoms with Crippen molar-refractivity contribution in [1.82, 2.24) is 25.2 Å². The molecular formula is C20H25N5OS. The van der Waals surface area contributed by atoms with E-state index in [0.717, 1.165) is 52.8 Å². The molecule has 1 aromatic carbocycles. The van der Waals surface area contributed by atoms with Crippen molar-refractivity contribution in [1.29, 1.82) is 0 Å². The van der Waals surface area contributed by atoms with Gasteiger partial charge < -0.3 is 5.32 Å². The lowest BCUT2D eigenvalue weighted by Crippen LogP contribution is -2.23. The molecule has 0 fully saturated rings. The van der Waals surface area contributed by atoms with Gasteiger partial charge in [0.1, 0.15) is 5.01 Å². The number of hydrogen-bond donors (Lipinski definition) is 1. The second-order valence-electron chi connectivity index (χ2n) is 6.47. The van der Waals surface area contributed by atoms with Gasteiger partial charge >= 0.3 is 0 Å². The highest BCUT2D eigenvalue weighted by Gasteiger charge is 2.11. The Morgan fingerprint density at radius 2 is 1.78 bits per heavy atom. The molecule has 2 heterocycles. The normalized spacial score (nSPS) is 11.3. The molecule has 0 radical (unpaired) electrons. The predicted octanol–water partition coefficient (Wildman–Crippen LogP) is 3.47. The largest absolute Gasteiger partial charge is 0.346 e. The van der Waals surface area contributed by atoms with Crippen LogP contribution in [0.3, 0.4) is 0 Å². The lowest BCUT2D eigenvalue weighted by atomic mass is 10.1. The maximum atomic E-state index is 12.5. The smallest absolute Gasteiger partial charge is 0.251 e. The van der Waals surface area contributed by atoms with E-state index < -0.39 is 0 Å². The average Bonchev–Trinajstić information content (AvgIpc) is 3.12. The van der Waals surface area contributed by atoms with E-state index in [1.54, 1.807) is 23.5 Å². The summed E-state index contributed by atoms with van der Waals surface area (Å²) in [6.45, 7) is 11.4. The third-order valence-corrected chi connectivity index (χ3v) is 5.51. The van der Waals surface area contributed by atoms with Crippen LogP contribution in [0.1, 0.15) is 46.3 Å². The molecule has 7 heteroatoms. The highest BCUT2D eigenvalue weighted by Crippen LogP contribution is 2.15. The maximum Gasteiger partial charge on any atom is 0.251 e. The van der Waals surface area contributed by atoms with Gasteiger partial charge in [-0.3, -0.25) is 9.69 Å². The molecule has 1 amide bonds. The Hall–Kier alpha value is -2.38. The lowest BCUT2D eigenvalue weighted by molar-refractivity contribution is 0.0951. The Kier molecular flexibility index (Phi) is 6.13. The molecule has 0 saturated carbocycles. The zero-order chi connectivity index (χ0) is 19.4. The van der Waals surface area contributed by atoms with Crippen LogP contribution in [0.15, 0.2) is 23.6 Å². The number of carbonyl (C=O) groups excluding carboxylic acids is 1. The summed E-state index contributed by atoms with van der Waals surface area (Å²) in [5.74, 6) is -0.127. The minimum atomic E-state index is -0.127. The molecule has 0 unspecified atom stereocenters. The second kappa shape index (κ2) is 8.54. The van der Waals surface area contributed by atoms with E-state index >= 15 is 0 Å². The van der Waals surface area contributed by atoms with Crippen molar-refractivity contribution < 1.29 is 4.79 Å². The first-order valence-corrected chi connectivity index (χ1v) is 10.1. The van der Waals surface area contributed by atoms with Gasteiger partial charge in [0.2, 0.25) is 0 Å². The van der Waals surface area contributed by atoms with Gasteiger partial charge in [-0.05, 0) is 45.1 Å². The van der Waals surface area contributed by atoms with Crippen molar-refractivity contribution in [2.45, 2.75) is 40.8 Å². The Bertz CT molecular complexity index is 949. The van der Waals surface area contributed by atoms with Crippen molar-refractivity contribution in [3.05, 3.63) is 51.2 Å². The van der Waals surface area contributed by atoms with Crippen LogP contribution in [0.5, 0.6) is 0 Å². The summed E-state index contributed by atoms with van der Waals surface area (Å²) in [5, 5.41) is 5.93. The number of aromatic nitrogens is 3. The number of hydrogen-bond acceptors (Lipinski definition) is 6. The van der Waals surface area contributed by atoms with E-state index in [1.807, 2.05) is 19.9 Å². The summed E-state index contributed by atoms with van der Waals surface area (Å²) in [5.41, 5.74) is 4.96. The van der Waals surface area contributed by atoms with Crippen LogP contribution in [0.4, 0.5) is 0 Å². The molecule has 3 aromatic rings. The quantitative estimate of drug-likeness (QED) is 0.676. The highest BCUT2D eigenvalue weighted by molar-refractivity contribution is 7.09. The van der Waals surface area contributed by atoms with Crippen molar-refractivity contribution in [2.75, 3.05) is 13.1 Å². The zero-order valence-corrected chi connectivity index (χ0v) is 17.1. The highest BCUT2D eigenvalue weighted by atomic mass is 32.1. The third kappa shape index (κ3) is 4.67. The van der Waals surface area contributed by atoms with Crippen LogP contribution in [-0.4, -0.2) is 38.8 Å². The minimum Gasteiger partial charge on any atom is -0.346 e. The van der Waals surface area contributed by atoms with Crippen LogP contribution in [-0.2, 0) is 13.1 Å². The lowest BCUT2D eigenvalue weighted by Gasteiger charge is -2.15. The number of aryl methyl sites for hydroxylation is 2. The number of nitrogens with one attached hydrogen (secondary N) is 1. The number of benzene rings is 1. The number of carbonyl (C=O) groups is 1. The van der Waals surface area contributed by atoms with Crippen LogP contribution >= 0.6 is 11.3 Å². The summed E-state index contributed by atoms with van der Waals surface area (Å²) in [7, 11) is 0. The molecule has 0 aliphatic carbocycles. The molecular weight excluding hydrogens is 358 g/mol. The van der Waals surface area contributed by atoms with E-state index in [9.17, 15) is 4.79 Å². The van der Waals surface area contributed by atoms with Crippen molar-refractivity contribution in [3.63, 3.8) is 0 Å². The predicted molar refractivity (Wildman–Crippen MR) is 109 cm³/mol. The van der Waals surface area contributed by atoms with Gasteiger partial charge in [-0.1, -0.05) is 13.8 Å². The van der Waals surface area contributed by atoms with E-state index in [-0.39, 0.29) is 5.91 Å². The molecule has 0 spiro atoms. The first-order valence-electron chi connectivity index (χ1n) is 9.19. The number of amides is 1. The fourth-order valence-corrected chi connectivity index (χ4v) is 3.53. The molecule has 1 N–H and O–H groups in total. The number of fused-ring (bicyclic) bond motifs is 1. The molecule has 142 valence electrons. The summed E-state index contributed by atoms with van der Waals surface area (Å²) >= 11 is 1.58. The molecule has 0 bridgehead atoms. The summed E-state index contributed by atoms with van der Waals surface area (Å²) in [6, 6.07) is 5.42. The van der Waals surface area contributed by atoms with E-state index in [1.165, 1.54) is 0 Å². The third-order valence-electron chi connectivity index (χ3n) is 4.62. The first kappa shape index (κ1) is 19.4. The van der Waals surface area contributed by atoms with Gasteiger partial charge in [-0.15, -0.1) is 11.3 Å². The van der Waals surface area contributed by atoms with Crippen LogP contribution in [0, 0.1) is 13.8 Å². The van der Waals surface area contributed by atoms with Gasteiger partial charge in [0.25, 0.3) is 5.91 Å². The molecule has 0 aliphatic heterocycles. The Balaban J connectivity index is 1.65. The molecule has 6 nitrogen and oxygen atoms in total. The average molecular weight is 384 g/mol. The van der Waals surface area contributed by atoms with Crippen molar-refractivity contribution in [3.8, 4) is 0 Å². The second-order valence-corrected chi connectivity index (χ2v) is 7.42. The summed E-state index contributed by atoms with van der Waals surface area (Å²) < 4.78 is 0. The standard InChI is InChI=1S/C20H25N5OS/c1-5-25(6-2)11-16-12-27-19(24-16)10-21-20(26)15-7-8-17-18(9-15)23-14(4)13(3)22-17/h7-9,12H,5-6,10-11H2,1-4H3,(H,21,26). The monoisotopic (exact) mass is 383 g/mol. The molecule has 2 aromatic heterocycles. The number of nitrogens with zero attached hydrogens (tertiary/aromatic N) is 4. The van der Waals surface area contributed by atoms with Crippen molar-refractivity contribution in [2.24, 2.45) is 0 Å². The fraction of sp³-hybridized carbons (Fsp3) is 0.400. The Labute approximate surface area is 163 Å². The molecule has 0 atom stereocenters.